The van der Waals surface area contributed by atoms with Crippen molar-refractivity contribution in [2.75, 3.05) is 31.1 Å². The predicted octanol–water partition coefficient (Wildman–Crippen LogP) is 1.75. The van der Waals surface area contributed by atoms with E-state index in [1.54, 1.807) is 6.20 Å². The molecule has 1 aliphatic heterocycles. The Balaban J connectivity index is 0.00000169. The second-order valence-electron chi connectivity index (χ2n) is 5.81. The number of halogens is 1. The normalized spacial score (nSPS) is 15.2. The van der Waals surface area contributed by atoms with Crippen LogP contribution in [0, 0.1) is 0 Å². The van der Waals surface area contributed by atoms with Gasteiger partial charge in [0.05, 0.1) is 23.8 Å². The van der Waals surface area contributed by atoms with Gasteiger partial charge in [-0.15, -0.1) is 29.1 Å². The van der Waals surface area contributed by atoms with E-state index in [1.807, 2.05) is 16.9 Å². The summed E-state index contributed by atoms with van der Waals surface area (Å²) in [5, 5.41) is 11.4. The molecule has 3 aromatic rings. The number of hydrogen-bond donors (Lipinski definition) is 1. The fraction of sp³-hybridized carbons (Fsp3) is 0.438. The number of nitrogens with one attached hydrogen (secondary N) is 1. The van der Waals surface area contributed by atoms with Crippen LogP contribution in [-0.4, -0.2) is 50.7 Å². The number of aryl methyl sites for hydroxylation is 2. The summed E-state index contributed by atoms with van der Waals surface area (Å²) < 4.78 is 4.17. The van der Waals surface area contributed by atoms with Crippen LogP contribution in [0.5, 0.6) is 0 Å². The van der Waals surface area contributed by atoms with Gasteiger partial charge in [0.1, 0.15) is 0 Å². The first-order valence-corrected chi connectivity index (χ1v) is 8.17. The molecule has 8 heteroatoms. The number of hydrogen-bond acceptors (Lipinski definition) is 5. The van der Waals surface area contributed by atoms with Crippen LogP contribution >= 0.6 is 24.0 Å². The number of benzene rings is 1. The van der Waals surface area contributed by atoms with Crippen LogP contribution < -0.4 is 10.2 Å². The van der Waals surface area contributed by atoms with Crippen molar-refractivity contribution >= 4 is 41.0 Å². The molecule has 24 heavy (non-hydrogen) atoms. The van der Waals surface area contributed by atoms with Crippen LogP contribution in [-0.2, 0) is 13.1 Å². The van der Waals surface area contributed by atoms with Gasteiger partial charge in [-0.3, -0.25) is 4.68 Å². The molecule has 128 valence electrons. The monoisotopic (exact) mass is 439 g/mol. The lowest BCUT2D eigenvalue weighted by atomic mass is 10.3. The zero-order chi connectivity index (χ0) is 15.5. The summed E-state index contributed by atoms with van der Waals surface area (Å²) in [5.41, 5.74) is 2.23. The molecule has 1 aromatic carbocycles. The van der Waals surface area contributed by atoms with Crippen molar-refractivity contribution in [2.24, 2.45) is 0 Å². The number of aromatic nitrogens is 5. The molecule has 1 fully saturated rings. The van der Waals surface area contributed by atoms with E-state index in [-0.39, 0.29) is 24.0 Å². The molecule has 0 aliphatic carbocycles. The quantitative estimate of drug-likeness (QED) is 0.628. The van der Waals surface area contributed by atoms with Crippen LogP contribution in [0.15, 0.2) is 36.7 Å². The summed E-state index contributed by atoms with van der Waals surface area (Å²) in [4.78, 5) is 7.28. The maximum Gasteiger partial charge on any atom is 0.206 e. The number of fused-ring (bicyclic) bond motifs is 1. The second-order valence-corrected chi connectivity index (χ2v) is 5.81. The first kappa shape index (κ1) is 17.2. The first-order chi connectivity index (χ1) is 11.4. The van der Waals surface area contributed by atoms with Gasteiger partial charge in [0.15, 0.2) is 0 Å². The molecular weight excluding hydrogens is 417 g/mol. The van der Waals surface area contributed by atoms with Crippen molar-refractivity contribution < 1.29 is 0 Å². The minimum absolute atomic E-state index is 0. The third-order valence-electron chi connectivity index (χ3n) is 4.28. The molecule has 0 radical (unpaired) electrons. The van der Waals surface area contributed by atoms with Crippen LogP contribution in [0.4, 0.5) is 5.95 Å². The Bertz CT molecular complexity index is 760. The molecule has 0 unspecified atom stereocenters. The molecular formula is C16H22IN7. The lowest BCUT2D eigenvalue weighted by Crippen LogP contribution is -2.30. The van der Waals surface area contributed by atoms with E-state index >= 15 is 0 Å². The zero-order valence-electron chi connectivity index (χ0n) is 13.5. The van der Waals surface area contributed by atoms with Gasteiger partial charge in [0.25, 0.3) is 0 Å². The van der Waals surface area contributed by atoms with Gasteiger partial charge in [-0.05, 0) is 25.1 Å². The molecule has 0 amide bonds. The smallest absolute Gasteiger partial charge is 0.206 e. The maximum absolute atomic E-state index is 4.89. The Morgan fingerprint density at radius 2 is 2.00 bits per heavy atom. The number of nitrogens with zero attached hydrogens (tertiary/aromatic N) is 6. The van der Waals surface area contributed by atoms with Crippen molar-refractivity contribution in [1.29, 1.82) is 0 Å². The van der Waals surface area contributed by atoms with E-state index in [2.05, 4.69) is 43.3 Å². The van der Waals surface area contributed by atoms with E-state index < -0.39 is 0 Å². The van der Waals surface area contributed by atoms with Gasteiger partial charge >= 0.3 is 0 Å². The molecule has 0 saturated carbocycles. The van der Waals surface area contributed by atoms with Crippen LogP contribution in [0.2, 0.25) is 0 Å². The molecule has 2 aromatic heterocycles. The molecule has 1 aliphatic rings. The van der Waals surface area contributed by atoms with Gasteiger partial charge in [-0.2, -0.15) is 0 Å². The molecule has 7 nitrogen and oxygen atoms in total. The first-order valence-electron chi connectivity index (χ1n) is 8.17. The summed E-state index contributed by atoms with van der Waals surface area (Å²) in [7, 11) is 0. The van der Waals surface area contributed by atoms with Crippen molar-refractivity contribution in [3.8, 4) is 0 Å². The molecule has 4 rings (SSSR count). The summed E-state index contributed by atoms with van der Waals surface area (Å²) in [6.45, 7) is 5.75. The van der Waals surface area contributed by atoms with E-state index in [0.29, 0.717) is 0 Å². The van der Waals surface area contributed by atoms with E-state index in [9.17, 15) is 0 Å². The van der Waals surface area contributed by atoms with Gasteiger partial charge in [-0.1, -0.05) is 17.3 Å². The highest BCUT2D eigenvalue weighted by atomic mass is 127. The molecule has 0 atom stereocenters. The molecule has 1 saturated heterocycles. The Morgan fingerprint density at radius 3 is 2.88 bits per heavy atom. The highest BCUT2D eigenvalue weighted by Crippen LogP contribution is 2.23. The second kappa shape index (κ2) is 7.93. The molecule has 1 N–H and O–H groups in total. The molecule has 0 bridgehead atoms. The molecule has 0 spiro atoms. The Labute approximate surface area is 158 Å². The number of rotatable bonds is 4. The van der Waals surface area contributed by atoms with Crippen molar-refractivity contribution in [3.05, 3.63) is 36.7 Å². The van der Waals surface area contributed by atoms with Gasteiger partial charge < -0.3 is 14.8 Å². The number of anilines is 1. The highest BCUT2D eigenvalue weighted by Gasteiger charge is 2.18. The van der Waals surface area contributed by atoms with Crippen molar-refractivity contribution in [2.45, 2.75) is 19.5 Å². The summed E-state index contributed by atoms with van der Waals surface area (Å²) >= 11 is 0. The van der Waals surface area contributed by atoms with E-state index in [0.717, 1.165) is 57.2 Å². The topological polar surface area (TPSA) is 63.8 Å². The van der Waals surface area contributed by atoms with Crippen LogP contribution in [0.25, 0.3) is 11.0 Å². The SMILES string of the molecule is I.c1ccc2c(c1)nc(N1CCCNCC1)n2CCn1ccnn1. The Hall–Kier alpha value is -1.68. The molecule has 3 heterocycles. The standard InChI is InChI=1S/C16H21N7.HI/c1-2-5-15-14(4-1)19-16(21-9-3-6-17-7-10-21)23(15)13-12-22-11-8-18-20-22;/h1-2,4-5,8,11,17H,3,6-7,9-10,12-13H2;1H. The van der Waals surface area contributed by atoms with Crippen molar-refractivity contribution in [1.82, 2.24) is 29.9 Å². The average Bonchev–Trinajstić information content (AvgIpc) is 3.13. The van der Waals surface area contributed by atoms with Crippen LogP contribution in [0.3, 0.4) is 0 Å². The van der Waals surface area contributed by atoms with Gasteiger partial charge in [0, 0.05) is 32.4 Å². The fourth-order valence-electron chi connectivity index (χ4n) is 3.12. The Kier molecular flexibility index (Phi) is 5.67. The van der Waals surface area contributed by atoms with E-state index in [4.69, 9.17) is 4.98 Å². The summed E-state index contributed by atoms with van der Waals surface area (Å²) in [5.74, 6) is 1.06. The number of imidazole rings is 1. The minimum Gasteiger partial charge on any atom is -0.341 e. The third-order valence-corrected chi connectivity index (χ3v) is 4.28. The summed E-state index contributed by atoms with van der Waals surface area (Å²) in [6.07, 6.45) is 4.76. The van der Waals surface area contributed by atoms with E-state index in [1.165, 1.54) is 5.52 Å². The van der Waals surface area contributed by atoms with Gasteiger partial charge in [0.2, 0.25) is 5.95 Å². The number of para-hydroxylation sites is 2. The fourth-order valence-corrected chi connectivity index (χ4v) is 3.12. The van der Waals surface area contributed by atoms with Gasteiger partial charge in [-0.25, -0.2) is 4.98 Å². The predicted molar refractivity (Wildman–Crippen MR) is 105 cm³/mol. The lowest BCUT2D eigenvalue weighted by molar-refractivity contribution is 0.523. The largest absolute Gasteiger partial charge is 0.341 e. The van der Waals surface area contributed by atoms with Crippen LogP contribution in [0.1, 0.15) is 6.42 Å². The zero-order valence-corrected chi connectivity index (χ0v) is 15.8. The summed E-state index contributed by atoms with van der Waals surface area (Å²) in [6, 6.07) is 8.35. The highest BCUT2D eigenvalue weighted by molar-refractivity contribution is 14.0. The lowest BCUT2D eigenvalue weighted by Gasteiger charge is -2.22. The maximum atomic E-state index is 4.89. The average molecular weight is 439 g/mol. The minimum atomic E-state index is 0. The van der Waals surface area contributed by atoms with Crippen molar-refractivity contribution in [3.63, 3.8) is 0 Å². The third kappa shape index (κ3) is 3.54. The Morgan fingerprint density at radius 1 is 1.08 bits per heavy atom.